The van der Waals surface area contributed by atoms with Gasteiger partial charge in [0.1, 0.15) is 10.8 Å². The predicted octanol–water partition coefficient (Wildman–Crippen LogP) is 4.26. The lowest BCUT2D eigenvalue weighted by Crippen LogP contribution is -2.06. The summed E-state index contributed by atoms with van der Waals surface area (Å²) in [5.74, 6) is 0.709. The minimum atomic E-state index is 0.694. The second kappa shape index (κ2) is 7.65. The summed E-state index contributed by atoms with van der Waals surface area (Å²) in [6, 6.07) is 17.9. The van der Waals surface area contributed by atoms with Gasteiger partial charge in [0.25, 0.3) is 0 Å². The van der Waals surface area contributed by atoms with Crippen LogP contribution in [0.2, 0.25) is 0 Å². The summed E-state index contributed by atoms with van der Waals surface area (Å²) in [6.07, 6.45) is 3.45. The number of furan rings is 1. The molecule has 3 aromatic rings. The van der Waals surface area contributed by atoms with Crippen LogP contribution in [0.1, 0.15) is 16.9 Å². The molecule has 0 bridgehead atoms. The highest BCUT2D eigenvalue weighted by Gasteiger charge is 2.03. The Morgan fingerprint density at radius 3 is 2.83 bits per heavy atom. The number of aromatic nitrogens is 1. The molecule has 0 saturated heterocycles. The molecular weight excluding hydrogens is 306 g/mol. The molecule has 1 aromatic carbocycles. The number of hydrazone groups is 1. The Kier molecular flexibility index (Phi) is 5.11. The summed E-state index contributed by atoms with van der Waals surface area (Å²) in [4.78, 5) is 4.26. The van der Waals surface area contributed by atoms with Crippen molar-refractivity contribution in [2.24, 2.45) is 5.10 Å². The summed E-state index contributed by atoms with van der Waals surface area (Å²) >= 11 is 1.49. The van der Waals surface area contributed by atoms with Crippen LogP contribution in [0.5, 0.6) is 0 Å². The first-order chi connectivity index (χ1) is 11.3. The normalized spacial score (nSPS) is 11.0. The average molecular weight is 323 g/mol. The molecule has 0 aliphatic heterocycles. The van der Waals surface area contributed by atoms with Crippen molar-refractivity contribution in [3.63, 3.8) is 0 Å². The van der Waals surface area contributed by atoms with E-state index in [1.54, 1.807) is 12.4 Å². The second-order valence-electron chi connectivity index (χ2n) is 4.95. The fraction of sp³-hybridized carbons (Fsp3) is 0.111. The molecule has 3 rings (SSSR count). The van der Waals surface area contributed by atoms with Gasteiger partial charge in [0.05, 0.1) is 12.8 Å². The molecule has 2 heterocycles. The molecule has 0 aliphatic carbocycles. The molecule has 5 heteroatoms. The van der Waals surface area contributed by atoms with Crippen LogP contribution in [0.4, 0.5) is 0 Å². The zero-order valence-electron chi connectivity index (χ0n) is 12.8. The Morgan fingerprint density at radius 1 is 1.13 bits per heavy atom. The summed E-state index contributed by atoms with van der Waals surface area (Å²) in [5, 5.41) is 5.91. The molecule has 0 aliphatic rings. The van der Waals surface area contributed by atoms with Crippen molar-refractivity contribution >= 4 is 18.0 Å². The van der Waals surface area contributed by atoms with Crippen molar-refractivity contribution in [2.75, 3.05) is 0 Å². The van der Waals surface area contributed by atoms with Gasteiger partial charge in [-0.1, -0.05) is 30.3 Å². The predicted molar refractivity (Wildman–Crippen MR) is 92.7 cm³/mol. The highest BCUT2D eigenvalue weighted by Crippen LogP contribution is 2.26. The van der Waals surface area contributed by atoms with Crippen LogP contribution < -0.4 is 5.43 Å². The largest absolute Gasteiger partial charge is 0.448 e. The fourth-order valence-electron chi connectivity index (χ4n) is 2.02. The van der Waals surface area contributed by atoms with E-state index in [4.69, 9.17) is 4.42 Å². The molecule has 0 atom stereocenters. The molecule has 4 nitrogen and oxygen atoms in total. The Balaban J connectivity index is 1.53. The van der Waals surface area contributed by atoms with Crippen LogP contribution in [0.15, 0.2) is 80.4 Å². The SMILES string of the molecule is Cc1ccccc1CN/N=C/c1ccc(Sc2ccccn2)o1. The maximum Gasteiger partial charge on any atom is 0.167 e. The summed E-state index contributed by atoms with van der Waals surface area (Å²) in [7, 11) is 0. The van der Waals surface area contributed by atoms with Crippen molar-refractivity contribution in [1.29, 1.82) is 0 Å². The van der Waals surface area contributed by atoms with Crippen molar-refractivity contribution < 1.29 is 4.42 Å². The van der Waals surface area contributed by atoms with Crippen molar-refractivity contribution in [3.05, 3.63) is 77.7 Å². The molecule has 1 N–H and O–H groups in total. The molecule has 23 heavy (non-hydrogen) atoms. The van der Waals surface area contributed by atoms with E-state index in [1.165, 1.54) is 22.9 Å². The van der Waals surface area contributed by atoms with E-state index in [9.17, 15) is 0 Å². The Hall–Kier alpha value is -2.53. The van der Waals surface area contributed by atoms with E-state index in [1.807, 2.05) is 42.5 Å². The van der Waals surface area contributed by atoms with Gasteiger partial charge >= 0.3 is 0 Å². The summed E-state index contributed by atoms with van der Waals surface area (Å²) < 4.78 is 5.70. The lowest BCUT2D eigenvalue weighted by molar-refractivity contribution is 0.468. The van der Waals surface area contributed by atoms with Gasteiger partial charge in [0.2, 0.25) is 0 Å². The number of pyridine rings is 1. The van der Waals surface area contributed by atoms with Crippen LogP contribution in [0, 0.1) is 6.92 Å². The van der Waals surface area contributed by atoms with Gasteiger partial charge in [-0.3, -0.25) is 0 Å². The maximum atomic E-state index is 5.70. The average Bonchev–Trinajstić information content (AvgIpc) is 3.01. The van der Waals surface area contributed by atoms with Gasteiger partial charge in [-0.2, -0.15) is 5.10 Å². The molecule has 0 fully saturated rings. The van der Waals surface area contributed by atoms with Gasteiger partial charge in [0.15, 0.2) is 5.09 Å². The van der Waals surface area contributed by atoms with Crippen molar-refractivity contribution in [3.8, 4) is 0 Å². The van der Waals surface area contributed by atoms with E-state index in [0.717, 1.165) is 10.1 Å². The third-order valence-electron chi connectivity index (χ3n) is 3.26. The molecule has 0 saturated carbocycles. The van der Waals surface area contributed by atoms with Crippen LogP contribution >= 0.6 is 11.8 Å². The minimum Gasteiger partial charge on any atom is -0.448 e. The second-order valence-corrected chi connectivity index (χ2v) is 5.97. The summed E-state index contributed by atoms with van der Waals surface area (Å²) in [6.45, 7) is 2.79. The monoisotopic (exact) mass is 323 g/mol. The Labute approximate surface area is 139 Å². The first kappa shape index (κ1) is 15.4. The maximum absolute atomic E-state index is 5.70. The first-order valence-electron chi connectivity index (χ1n) is 7.30. The minimum absolute atomic E-state index is 0.694. The molecule has 2 aromatic heterocycles. The smallest absolute Gasteiger partial charge is 0.167 e. The van der Waals surface area contributed by atoms with Gasteiger partial charge in [-0.05, 0) is 54.1 Å². The number of hydrogen-bond acceptors (Lipinski definition) is 5. The highest BCUT2D eigenvalue weighted by atomic mass is 32.2. The van der Waals surface area contributed by atoms with E-state index in [0.29, 0.717) is 12.3 Å². The number of hydrogen-bond donors (Lipinski definition) is 1. The first-order valence-corrected chi connectivity index (χ1v) is 8.12. The number of benzene rings is 1. The zero-order chi connectivity index (χ0) is 15.9. The van der Waals surface area contributed by atoms with Gasteiger partial charge in [-0.25, -0.2) is 4.98 Å². The van der Waals surface area contributed by atoms with E-state index < -0.39 is 0 Å². The van der Waals surface area contributed by atoms with E-state index >= 15 is 0 Å². The number of nitrogens with one attached hydrogen (secondary N) is 1. The van der Waals surface area contributed by atoms with Crippen molar-refractivity contribution in [2.45, 2.75) is 23.6 Å². The quantitative estimate of drug-likeness (QED) is 0.544. The van der Waals surface area contributed by atoms with Gasteiger partial charge in [0, 0.05) is 6.20 Å². The molecule has 116 valence electrons. The third kappa shape index (κ3) is 4.47. The lowest BCUT2D eigenvalue weighted by atomic mass is 10.1. The van der Waals surface area contributed by atoms with Crippen LogP contribution in [-0.4, -0.2) is 11.2 Å². The molecule has 0 amide bonds. The van der Waals surface area contributed by atoms with Crippen molar-refractivity contribution in [1.82, 2.24) is 10.4 Å². The van der Waals surface area contributed by atoms with Crippen LogP contribution in [0.25, 0.3) is 0 Å². The third-order valence-corrected chi connectivity index (χ3v) is 4.13. The topological polar surface area (TPSA) is 50.4 Å². The van der Waals surface area contributed by atoms with Gasteiger partial charge < -0.3 is 9.84 Å². The van der Waals surface area contributed by atoms with E-state index in [2.05, 4.69) is 34.6 Å². The molecular formula is C18H17N3OS. The number of nitrogens with zero attached hydrogens (tertiary/aromatic N) is 2. The van der Waals surface area contributed by atoms with E-state index in [-0.39, 0.29) is 0 Å². The molecule has 0 unspecified atom stereocenters. The lowest BCUT2D eigenvalue weighted by Gasteiger charge is -2.03. The van der Waals surface area contributed by atoms with Crippen LogP contribution in [-0.2, 0) is 6.54 Å². The number of rotatable bonds is 6. The Morgan fingerprint density at radius 2 is 2.00 bits per heavy atom. The molecule has 0 spiro atoms. The Bertz CT molecular complexity index is 784. The molecule has 0 radical (unpaired) electrons. The fourth-order valence-corrected chi connectivity index (χ4v) is 2.76. The van der Waals surface area contributed by atoms with Gasteiger partial charge in [-0.15, -0.1) is 0 Å². The van der Waals surface area contributed by atoms with Crippen LogP contribution in [0.3, 0.4) is 0 Å². The highest BCUT2D eigenvalue weighted by molar-refractivity contribution is 7.99. The standard InChI is InChI=1S/C18H17N3OS/c1-14-6-2-3-7-15(14)12-20-21-13-16-9-10-18(22-16)23-17-8-4-5-11-19-17/h2-11,13,20H,12H2,1H3/b21-13+. The zero-order valence-corrected chi connectivity index (χ0v) is 13.6. The number of aryl methyl sites for hydroxylation is 1. The summed E-state index contributed by atoms with van der Waals surface area (Å²) in [5.41, 5.74) is 5.52.